The summed E-state index contributed by atoms with van der Waals surface area (Å²) in [6.07, 6.45) is 4.15. The minimum atomic E-state index is -3.37. The highest BCUT2D eigenvalue weighted by atomic mass is 32.2. The molecular formula is C14H22N2O2S. The van der Waals surface area contributed by atoms with Crippen molar-refractivity contribution in [3.05, 3.63) is 29.8 Å². The van der Waals surface area contributed by atoms with E-state index in [4.69, 9.17) is 0 Å². The van der Waals surface area contributed by atoms with Crippen molar-refractivity contribution in [2.45, 2.75) is 50.1 Å². The standard InChI is InChI=1S/C14H22N2O2S/c1-2-15-11-12-6-5-9-14(10-12)19(17,18)16-13-7-3-4-8-13/h5-6,9-10,13,15-16H,2-4,7-8,11H2,1H3. The first-order valence-electron chi connectivity index (χ1n) is 6.94. The van der Waals surface area contributed by atoms with Crippen molar-refractivity contribution in [2.75, 3.05) is 6.54 Å². The molecule has 0 aromatic heterocycles. The molecule has 1 aromatic carbocycles. The second-order valence-electron chi connectivity index (χ2n) is 5.03. The summed E-state index contributed by atoms with van der Waals surface area (Å²) >= 11 is 0. The van der Waals surface area contributed by atoms with E-state index in [-0.39, 0.29) is 6.04 Å². The van der Waals surface area contributed by atoms with Gasteiger partial charge in [0.15, 0.2) is 0 Å². The predicted molar refractivity (Wildman–Crippen MR) is 76.4 cm³/mol. The Bertz CT molecular complexity index is 508. The van der Waals surface area contributed by atoms with Gasteiger partial charge in [0.2, 0.25) is 10.0 Å². The van der Waals surface area contributed by atoms with Gasteiger partial charge < -0.3 is 5.32 Å². The molecule has 106 valence electrons. The lowest BCUT2D eigenvalue weighted by molar-refractivity contribution is 0.552. The lowest BCUT2D eigenvalue weighted by Gasteiger charge is -2.13. The molecular weight excluding hydrogens is 260 g/mol. The van der Waals surface area contributed by atoms with Crippen LogP contribution in [-0.2, 0) is 16.6 Å². The molecule has 19 heavy (non-hydrogen) atoms. The Kier molecular flexibility index (Phi) is 4.96. The second-order valence-corrected chi connectivity index (χ2v) is 6.74. The normalized spacial score (nSPS) is 16.9. The molecule has 0 saturated heterocycles. The molecule has 1 saturated carbocycles. The molecule has 2 N–H and O–H groups in total. The average Bonchev–Trinajstić information content (AvgIpc) is 2.89. The molecule has 1 aromatic rings. The van der Waals surface area contributed by atoms with E-state index in [1.54, 1.807) is 18.2 Å². The van der Waals surface area contributed by atoms with Crippen LogP contribution in [0, 0.1) is 0 Å². The van der Waals surface area contributed by atoms with E-state index in [1.165, 1.54) is 0 Å². The zero-order valence-electron chi connectivity index (χ0n) is 11.4. The number of benzene rings is 1. The quantitative estimate of drug-likeness (QED) is 0.839. The Hall–Kier alpha value is -0.910. The van der Waals surface area contributed by atoms with Crippen LogP contribution in [0.25, 0.3) is 0 Å². The number of rotatable bonds is 6. The van der Waals surface area contributed by atoms with Gasteiger partial charge in [-0.15, -0.1) is 0 Å². The molecule has 0 atom stereocenters. The van der Waals surface area contributed by atoms with Crippen molar-refractivity contribution in [3.8, 4) is 0 Å². The molecule has 1 aliphatic carbocycles. The highest BCUT2D eigenvalue weighted by Gasteiger charge is 2.22. The summed E-state index contributed by atoms with van der Waals surface area (Å²) in [6.45, 7) is 3.60. The SMILES string of the molecule is CCNCc1cccc(S(=O)(=O)NC2CCCC2)c1. The molecule has 0 bridgehead atoms. The molecule has 0 amide bonds. The number of sulfonamides is 1. The van der Waals surface area contributed by atoms with Gasteiger partial charge in [0.1, 0.15) is 0 Å². The fourth-order valence-corrected chi connectivity index (χ4v) is 3.80. The molecule has 0 unspecified atom stereocenters. The summed E-state index contributed by atoms with van der Waals surface area (Å²) in [6, 6.07) is 7.27. The van der Waals surface area contributed by atoms with Crippen LogP contribution < -0.4 is 10.0 Å². The van der Waals surface area contributed by atoms with E-state index in [2.05, 4.69) is 10.0 Å². The summed E-state index contributed by atoms with van der Waals surface area (Å²) in [7, 11) is -3.37. The maximum absolute atomic E-state index is 12.3. The number of hydrogen-bond donors (Lipinski definition) is 2. The highest BCUT2D eigenvalue weighted by molar-refractivity contribution is 7.89. The van der Waals surface area contributed by atoms with Gasteiger partial charge in [-0.25, -0.2) is 13.1 Å². The summed E-state index contributed by atoms with van der Waals surface area (Å²) in [5, 5.41) is 3.20. The molecule has 0 heterocycles. The third-order valence-electron chi connectivity index (χ3n) is 3.46. The van der Waals surface area contributed by atoms with Crippen LogP contribution in [-0.4, -0.2) is 21.0 Å². The monoisotopic (exact) mass is 282 g/mol. The van der Waals surface area contributed by atoms with E-state index in [1.807, 2.05) is 13.0 Å². The van der Waals surface area contributed by atoms with Gasteiger partial charge >= 0.3 is 0 Å². The first-order chi connectivity index (χ1) is 9.12. The van der Waals surface area contributed by atoms with Crippen molar-refractivity contribution in [1.82, 2.24) is 10.0 Å². The van der Waals surface area contributed by atoms with Crippen molar-refractivity contribution >= 4 is 10.0 Å². The fraction of sp³-hybridized carbons (Fsp3) is 0.571. The van der Waals surface area contributed by atoms with Crippen molar-refractivity contribution in [3.63, 3.8) is 0 Å². The third kappa shape index (κ3) is 4.03. The van der Waals surface area contributed by atoms with E-state index in [0.29, 0.717) is 11.4 Å². The van der Waals surface area contributed by atoms with Crippen LogP contribution in [0.5, 0.6) is 0 Å². The van der Waals surface area contributed by atoms with Crippen LogP contribution in [0.2, 0.25) is 0 Å². The van der Waals surface area contributed by atoms with Crippen molar-refractivity contribution in [2.24, 2.45) is 0 Å². The van der Waals surface area contributed by atoms with E-state index >= 15 is 0 Å². The van der Waals surface area contributed by atoms with Gasteiger partial charge in [-0.3, -0.25) is 0 Å². The number of hydrogen-bond acceptors (Lipinski definition) is 3. The zero-order chi connectivity index (χ0) is 13.7. The lowest BCUT2D eigenvalue weighted by Crippen LogP contribution is -2.32. The Labute approximate surface area is 115 Å². The zero-order valence-corrected chi connectivity index (χ0v) is 12.2. The van der Waals surface area contributed by atoms with Crippen LogP contribution >= 0.6 is 0 Å². The Morgan fingerprint density at radius 3 is 2.68 bits per heavy atom. The van der Waals surface area contributed by atoms with Gasteiger partial charge in [-0.1, -0.05) is 31.9 Å². The topological polar surface area (TPSA) is 58.2 Å². The highest BCUT2D eigenvalue weighted by Crippen LogP contribution is 2.20. The van der Waals surface area contributed by atoms with Crippen LogP contribution in [0.3, 0.4) is 0 Å². The van der Waals surface area contributed by atoms with Gasteiger partial charge in [0, 0.05) is 12.6 Å². The third-order valence-corrected chi connectivity index (χ3v) is 4.98. The van der Waals surface area contributed by atoms with Gasteiger partial charge in [-0.05, 0) is 37.1 Å². The first kappa shape index (κ1) is 14.5. The summed E-state index contributed by atoms with van der Waals surface area (Å²) in [4.78, 5) is 0.370. The Balaban J connectivity index is 2.10. The average molecular weight is 282 g/mol. The summed E-state index contributed by atoms with van der Waals surface area (Å²) in [5.74, 6) is 0. The summed E-state index contributed by atoms with van der Waals surface area (Å²) < 4.78 is 27.4. The molecule has 1 aliphatic rings. The molecule has 2 rings (SSSR count). The van der Waals surface area contributed by atoms with Crippen LogP contribution in [0.15, 0.2) is 29.2 Å². The van der Waals surface area contributed by atoms with Crippen LogP contribution in [0.4, 0.5) is 0 Å². The first-order valence-corrected chi connectivity index (χ1v) is 8.42. The molecule has 0 radical (unpaired) electrons. The predicted octanol–water partition coefficient (Wildman–Crippen LogP) is 2.02. The second kappa shape index (κ2) is 6.50. The molecule has 4 nitrogen and oxygen atoms in total. The summed E-state index contributed by atoms with van der Waals surface area (Å²) in [5.41, 5.74) is 0.996. The van der Waals surface area contributed by atoms with Crippen molar-refractivity contribution in [1.29, 1.82) is 0 Å². The van der Waals surface area contributed by atoms with Gasteiger partial charge in [-0.2, -0.15) is 0 Å². The maximum atomic E-state index is 12.3. The maximum Gasteiger partial charge on any atom is 0.240 e. The molecule has 1 fully saturated rings. The van der Waals surface area contributed by atoms with Gasteiger partial charge in [0.25, 0.3) is 0 Å². The van der Waals surface area contributed by atoms with E-state index < -0.39 is 10.0 Å². The van der Waals surface area contributed by atoms with Gasteiger partial charge in [0.05, 0.1) is 4.90 Å². The van der Waals surface area contributed by atoms with E-state index in [9.17, 15) is 8.42 Å². The molecule has 0 aliphatic heterocycles. The van der Waals surface area contributed by atoms with E-state index in [0.717, 1.165) is 37.8 Å². The molecule has 0 spiro atoms. The largest absolute Gasteiger partial charge is 0.313 e. The minimum Gasteiger partial charge on any atom is -0.313 e. The Morgan fingerprint density at radius 2 is 2.00 bits per heavy atom. The fourth-order valence-electron chi connectivity index (χ4n) is 2.42. The van der Waals surface area contributed by atoms with Crippen molar-refractivity contribution < 1.29 is 8.42 Å². The number of nitrogens with one attached hydrogen (secondary N) is 2. The smallest absolute Gasteiger partial charge is 0.240 e. The van der Waals surface area contributed by atoms with Crippen LogP contribution in [0.1, 0.15) is 38.2 Å². The minimum absolute atomic E-state index is 0.113. The molecule has 5 heteroatoms. The lowest BCUT2D eigenvalue weighted by atomic mass is 10.2. The Morgan fingerprint density at radius 1 is 1.26 bits per heavy atom.